The highest BCUT2D eigenvalue weighted by molar-refractivity contribution is 7.22. The van der Waals surface area contributed by atoms with Crippen LogP contribution in [0.3, 0.4) is 0 Å². The van der Waals surface area contributed by atoms with Crippen LogP contribution in [0.1, 0.15) is 30.4 Å². The number of carbonyl (C=O) groups excluding carboxylic acids is 1. The highest BCUT2D eigenvalue weighted by Crippen LogP contribution is 2.32. The van der Waals surface area contributed by atoms with Crippen LogP contribution in [0.5, 0.6) is 5.75 Å². The van der Waals surface area contributed by atoms with E-state index in [1.807, 2.05) is 32.0 Å². The Morgan fingerprint density at radius 3 is 2.83 bits per heavy atom. The Morgan fingerprint density at radius 2 is 2.10 bits per heavy atom. The van der Waals surface area contributed by atoms with Crippen LogP contribution in [0, 0.1) is 0 Å². The molecule has 0 bridgehead atoms. The molecule has 160 valence electrons. The van der Waals surface area contributed by atoms with Gasteiger partial charge in [-0.3, -0.25) is 19.3 Å². The molecule has 3 heterocycles. The molecule has 9 heteroatoms. The maximum atomic E-state index is 13.6. The summed E-state index contributed by atoms with van der Waals surface area (Å²) in [5.41, 5.74) is 1.43. The van der Waals surface area contributed by atoms with E-state index >= 15 is 0 Å². The molecule has 0 unspecified atom stereocenters. The number of aromatic nitrogens is 3. The normalized spacial score (nSPS) is 15.1. The lowest BCUT2D eigenvalue weighted by atomic mass is 10.3. The number of morpholine rings is 1. The van der Waals surface area contributed by atoms with Gasteiger partial charge < -0.3 is 9.47 Å². The topological polar surface area (TPSA) is 72.7 Å². The van der Waals surface area contributed by atoms with E-state index in [4.69, 9.17) is 14.5 Å². The standard InChI is InChI=1S/C21H27N5O3S/c1-15(2)26-18(6-7-22-26)20(27)25(9-8-24-10-12-29-13-11-24)21-23-17-5-4-16(28-3)14-19(17)30-21/h4-7,14-15H,8-13H2,1-3H3. The Bertz CT molecular complexity index is 1010. The van der Waals surface area contributed by atoms with Crippen LogP contribution in [0.25, 0.3) is 10.2 Å². The predicted octanol–water partition coefficient (Wildman–Crippen LogP) is 3.06. The lowest BCUT2D eigenvalue weighted by molar-refractivity contribution is 0.0391. The molecule has 1 aliphatic heterocycles. The number of benzene rings is 1. The zero-order chi connectivity index (χ0) is 21.1. The van der Waals surface area contributed by atoms with Crippen molar-refractivity contribution in [1.82, 2.24) is 19.7 Å². The second kappa shape index (κ2) is 9.11. The molecule has 30 heavy (non-hydrogen) atoms. The molecule has 0 radical (unpaired) electrons. The number of rotatable bonds is 7. The molecular weight excluding hydrogens is 402 g/mol. The zero-order valence-corrected chi connectivity index (χ0v) is 18.4. The van der Waals surface area contributed by atoms with Crippen molar-refractivity contribution >= 4 is 32.6 Å². The van der Waals surface area contributed by atoms with E-state index in [2.05, 4.69) is 10.00 Å². The first kappa shape index (κ1) is 20.8. The fourth-order valence-corrected chi connectivity index (χ4v) is 4.54. The van der Waals surface area contributed by atoms with Gasteiger partial charge in [-0.25, -0.2) is 4.98 Å². The van der Waals surface area contributed by atoms with E-state index < -0.39 is 0 Å². The van der Waals surface area contributed by atoms with Crippen LogP contribution in [-0.2, 0) is 4.74 Å². The molecule has 1 aromatic carbocycles. The minimum Gasteiger partial charge on any atom is -0.497 e. The summed E-state index contributed by atoms with van der Waals surface area (Å²) in [5, 5.41) is 5.02. The van der Waals surface area contributed by atoms with Gasteiger partial charge in [0.2, 0.25) is 0 Å². The molecule has 1 fully saturated rings. The van der Waals surface area contributed by atoms with Crippen LogP contribution in [0.2, 0.25) is 0 Å². The second-order valence-electron chi connectivity index (χ2n) is 7.50. The van der Waals surface area contributed by atoms with Gasteiger partial charge in [0.05, 0.1) is 30.5 Å². The van der Waals surface area contributed by atoms with Gasteiger partial charge >= 0.3 is 0 Å². The van der Waals surface area contributed by atoms with Gasteiger partial charge in [0.15, 0.2) is 5.13 Å². The van der Waals surface area contributed by atoms with Crippen molar-refractivity contribution in [3.05, 3.63) is 36.2 Å². The Labute approximate surface area is 180 Å². The molecule has 0 N–H and O–H groups in total. The van der Waals surface area contributed by atoms with Gasteiger partial charge in [-0.05, 0) is 38.1 Å². The number of amides is 1. The van der Waals surface area contributed by atoms with Crippen molar-refractivity contribution in [3.8, 4) is 5.75 Å². The average Bonchev–Trinajstić information content (AvgIpc) is 3.41. The quantitative estimate of drug-likeness (QED) is 0.575. The lowest BCUT2D eigenvalue weighted by Gasteiger charge is -2.29. The van der Waals surface area contributed by atoms with Gasteiger partial charge in [-0.2, -0.15) is 5.10 Å². The van der Waals surface area contributed by atoms with Crippen LogP contribution in [0.15, 0.2) is 30.5 Å². The highest BCUT2D eigenvalue weighted by atomic mass is 32.1. The molecule has 8 nitrogen and oxygen atoms in total. The van der Waals surface area contributed by atoms with Gasteiger partial charge in [0, 0.05) is 38.4 Å². The van der Waals surface area contributed by atoms with Gasteiger partial charge in [-0.1, -0.05) is 11.3 Å². The number of fused-ring (bicyclic) bond motifs is 1. The molecular formula is C21H27N5O3S. The lowest BCUT2D eigenvalue weighted by Crippen LogP contribution is -2.43. The number of anilines is 1. The maximum absolute atomic E-state index is 13.6. The fraction of sp³-hybridized carbons (Fsp3) is 0.476. The fourth-order valence-electron chi connectivity index (χ4n) is 3.52. The number of hydrogen-bond acceptors (Lipinski definition) is 7. The Balaban J connectivity index is 1.65. The largest absolute Gasteiger partial charge is 0.497 e. The van der Waals surface area contributed by atoms with E-state index in [1.165, 1.54) is 11.3 Å². The number of nitrogens with zero attached hydrogens (tertiary/aromatic N) is 5. The number of methoxy groups -OCH3 is 1. The average molecular weight is 430 g/mol. The molecule has 0 aliphatic carbocycles. The second-order valence-corrected chi connectivity index (χ2v) is 8.50. The monoisotopic (exact) mass is 429 g/mol. The number of carbonyl (C=O) groups is 1. The van der Waals surface area contributed by atoms with Crippen molar-refractivity contribution in [2.75, 3.05) is 51.4 Å². The molecule has 1 saturated heterocycles. The summed E-state index contributed by atoms with van der Waals surface area (Å²) in [5.74, 6) is 0.697. The number of thiazole rings is 1. The SMILES string of the molecule is COc1ccc2nc(N(CCN3CCOCC3)C(=O)c3ccnn3C(C)C)sc2c1. The van der Waals surface area contributed by atoms with Crippen LogP contribution < -0.4 is 9.64 Å². The third-order valence-corrected chi connectivity index (χ3v) is 6.22. The first-order valence-corrected chi connectivity index (χ1v) is 11.0. The minimum atomic E-state index is -0.0829. The molecule has 3 aromatic rings. The molecule has 4 rings (SSSR count). The summed E-state index contributed by atoms with van der Waals surface area (Å²) in [4.78, 5) is 22.4. The third kappa shape index (κ3) is 4.33. The Hall–Kier alpha value is -2.49. The van der Waals surface area contributed by atoms with E-state index in [0.717, 1.165) is 48.8 Å². The summed E-state index contributed by atoms with van der Waals surface area (Å²) in [6.45, 7) is 8.58. The molecule has 1 aliphatic rings. The summed E-state index contributed by atoms with van der Waals surface area (Å²) >= 11 is 1.50. The summed E-state index contributed by atoms with van der Waals surface area (Å²) < 4.78 is 13.5. The van der Waals surface area contributed by atoms with Gasteiger partial charge in [0.25, 0.3) is 5.91 Å². The molecule has 0 atom stereocenters. The van der Waals surface area contributed by atoms with E-state index in [0.29, 0.717) is 17.4 Å². The van der Waals surface area contributed by atoms with Crippen molar-refractivity contribution in [2.24, 2.45) is 0 Å². The molecule has 1 amide bonds. The number of ether oxygens (including phenoxy) is 2. The van der Waals surface area contributed by atoms with Crippen molar-refractivity contribution in [3.63, 3.8) is 0 Å². The molecule has 2 aromatic heterocycles. The maximum Gasteiger partial charge on any atom is 0.278 e. The number of hydrogen-bond donors (Lipinski definition) is 0. The first-order chi connectivity index (χ1) is 14.6. The van der Waals surface area contributed by atoms with Crippen LogP contribution in [-0.4, -0.2) is 72.1 Å². The Kier molecular flexibility index (Phi) is 6.31. The third-order valence-electron chi connectivity index (χ3n) is 5.18. The Morgan fingerprint density at radius 1 is 1.30 bits per heavy atom. The summed E-state index contributed by atoms with van der Waals surface area (Å²) in [6, 6.07) is 7.65. The van der Waals surface area contributed by atoms with Crippen molar-refractivity contribution < 1.29 is 14.3 Å². The zero-order valence-electron chi connectivity index (χ0n) is 17.6. The van der Waals surface area contributed by atoms with Crippen molar-refractivity contribution in [1.29, 1.82) is 0 Å². The van der Waals surface area contributed by atoms with Gasteiger partial charge in [-0.15, -0.1) is 0 Å². The smallest absolute Gasteiger partial charge is 0.278 e. The molecule has 0 saturated carbocycles. The van der Waals surface area contributed by atoms with Gasteiger partial charge in [0.1, 0.15) is 11.4 Å². The van der Waals surface area contributed by atoms with Crippen molar-refractivity contribution in [2.45, 2.75) is 19.9 Å². The van der Waals surface area contributed by atoms with E-state index in [1.54, 1.807) is 29.0 Å². The molecule has 0 spiro atoms. The minimum absolute atomic E-state index is 0.0829. The predicted molar refractivity (Wildman–Crippen MR) is 118 cm³/mol. The highest BCUT2D eigenvalue weighted by Gasteiger charge is 2.26. The first-order valence-electron chi connectivity index (χ1n) is 10.2. The van der Waals surface area contributed by atoms with E-state index in [-0.39, 0.29) is 11.9 Å². The summed E-state index contributed by atoms with van der Waals surface area (Å²) in [6.07, 6.45) is 1.68. The van der Waals surface area contributed by atoms with E-state index in [9.17, 15) is 4.79 Å². The van der Waals surface area contributed by atoms with Crippen LogP contribution in [0.4, 0.5) is 5.13 Å². The van der Waals surface area contributed by atoms with Crippen LogP contribution >= 0.6 is 11.3 Å². The summed E-state index contributed by atoms with van der Waals surface area (Å²) in [7, 11) is 1.65.